The number of anilines is 1. The first-order valence-corrected chi connectivity index (χ1v) is 7.20. The minimum atomic E-state index is -0.168. The number of para-hydroxylation sites is 1. The highest BCUT2D eigenvalue weighted by atomic mass is 32.1. The molecule has 2 aromatic rings. The number of carbonyl (C=O) groups excluding carboxylic acids is 1. The first kappa shape index (κ1) is 14.3. The molecule has 1 heterocycles. The number of nitrogens with one attached hydrogen (secondary N) is 2. The smallest absolute Gasteiger partial charge is 0.259 e. The second kappa shape index (κ2) is 6.86. The van der Waals surface area contributed by atoms with Crippen molar-refractivity contribution in [2.24, 2.45) is 5.10 Å². The second-order valence-corrected chi connectivity index (χ2v) is 5.38. The van der Waals surface area contributed by atoms with Crippen molar-refractivity contribution >= 4 is 29.1 Å². The van der Waals surface area contributed by atoms with Gasteiger partial charge in [0.1, 0.15) is 0 Å². The number of benzene rings is 1. The van der Waals surface area contributed by atoms with Crippen molar-refractivity contribution in [1.29, 1.82) is 0 Å². The van der Waals surface area contributed by atoms with Crippen LogP contribution < -0.4 is 10.7 Å². The summed E-state index contributed by atoms with van der Waals surface area (Å²) < 4.78 is 0. The van der Waals surface area contributed by atoms with Crippen LogP contribution >= 0.6 is 11.3 Å². The molecule has 2 rings (SSSR count). The number of hydrogen-bond donors (Lipinski definition) is 2. The number of thiophene rings is 1. The van der Waals surface area contributed by atoms with E-state index in [0.29, 0.717) is 0 Å². The lowest BCUT2D eigenvalue weighted by atomic mass is 10.2. The summed E-state index contributed by atoms with van der Waals surface area (Å²) in [5.74, 6) is -0.168. The molecule has 0 aliphatic carbocycles. The van der Waals surface area contributed by atoms with Gasteiger partial charge in [-0.05, 0) is 42.5 Å². The normalized spacial score (nSPS) is 10.7. The fourth-order valence-electron chi connectivity index (χ4n) is 1.67. The third-order valence-corrected chi connectivity index (χ3v) is 3.81. The van der Waals surface area contributed by atoms with Gasteiger partial charge in [-0.15, -0.1) is 11.3 Å². The molecule has 1 aromatic carbocycles. The highest BCUT2D eigenvalue weighted by molar-refractivity contribution is 7.11. The molecule has 0 spiro atoms. The van der Waals surface area contributed by atoms with Crippen molar-refractivity contribution in [3.05, 3.63) is 51.7 Å². The number of rotatable bonds is 5. The number of aryl methyl sites for hydroxylation is 2. The highest BCUT2D eigenvalue weighted by Crippen LogP contribution is 2.13. The van der Waals surface area contributed by atoms with Crippen molar-refractivity contribution in [2.75, 3.05) is 11.9 Å². The van der Waals surface area contributed by atoms with E-state index in [1.54, 1.807) is 17.6 Å². The molecule has 0 fully saturated rings. The van der Waals surface area contributed by atoms with E-state index in [1.165, 1.54) is 0 Å². The van der Waals surface area contributed by atoms with Crippen LogP contribution in [-0.2, 0) is 4.79 Å². The van der Waals surface area contributed by atoms with Gasteiger partial charge >= 0.3 is 0 Å². The van der Waals surface area contributed by atoms with Crippen LogP contribution in [0.4, 0.5) is 5.69 Å². The Hall–Kier alpha value is -2.14. The van der Waals surface area contributed by atoms with Gasteiger partial charge in [-0.3, -0.25) is 4.79 Å². The van der Waals surface area contributed by atoms with Gasteiger partial charge in [-0.25, -0.2) is 5.43 Å². The van der Waals surface area contributed by atoms with Crippen molar-refractivity contribution in [1.82, 2.24) is 5.43 Å². The molecule has 0 aliphatic rings. The molecule has 0 atom stereocenters. The summed E-state index contributed by atoms with van der Waals surface area (Å²) in [6.07, 6.45) is 1.67. The standard InChI is InChI=1S/C15H17N3OS/c1-11-5-3-4-6-13(11)16-10-15(19)18-17-9-14-12(2)7-8-20-14/h3-9,16H,10H2,1-2H3,(H,18,19)/b17-9-. The fourth-order valence-corrected chi connectivity index (χ4v) is 2.45. The Kier molecular flexibility index (Phi) is 4.90. The molecule has 4 nitrogen and oxygen atoms in total. The number of hydrogen-bond acceptors (Lipinski definition) is 4. The van der Waals surface area contributed by atoms with Crippen LogP contribution in [0.5, 0.6) is 0 Å². The van der Waals surface area contributed by atoms with Gasteiger partial charge in [0.05, 0.1) is 12.8 Å². The number of amides is 1. The Labute approximate surface area is 122 Å². The van der Waals surface area contributed by atoms with Crippen LogP contribution in [0.15, 0.2) is 40.8 Å². The van der Waals surface area contributed by atoms with Gasteiger partial charge in [0.15, 0.2) is 0 Å². The zero-order chi connectivity index (χ0) is 14.4. The lowest BCUT2D eigenvalue weighted by Crippen LogP contribution is -2.26. The Balaban J connectivity index is 1.80. The zero-order valence-electron chi connectivity index (χ0n) is 11.5. The Morgan fingerprint density at radius 3 is 2.75 bits per heavy atom. The molecule has 1 aromatic heterocycles. The van der Waals surface area contributed by atoms with Crippen LogP contribution in [0, 0.1) is 13.8 Å². The SMILES string of the molecule is Cc1ccccc1NCC(=O)N/N=C\c1sccc1C. The van der Waals surface area contributed by atoms with Crippen LogP contribution in [-0.4, -0.2) is 18.7 Å². The molecular formula is C15H17N3OS. The molecule has 2 N–H and O–H groups in total. The van der Waals surface area contributed by atoms with E-state index in [-0.39, 0.29) is 12.5 Å². The predicted octanol–water partition coefficient (Wildman–Crippen LogP) is 2.93. The molecule has 0 saturated heterocycles. The monoisotopic (exact) mass is 287 g/mol. The van der Waals surface area contributed by atoms with Crippen LogP contribution in [0.1, 0.15) is 16.0 Å². The lowest BCUT2D eigenvalue weighted by molar-refractivity contribution is -0.119. The van der Waals surface area contributed by atoms with Crippen molar-refractivity contribution in [3.63, 3.8) is 0 Å². The van der Waals surface area contributed by atoms with E-state index in [9.17, 15) is 4.79 Å². The Morgan fingerprint density at radius 1 is 1.25 bits per heavy atom. The minimum absolute atomic E-state index is 0.168. The molecule has 0 radical (unpaired) electrons. The molecule has 0 unspecified atom stereocenters. The zero-order valence-corrected chi connectivity index (χ0v) is 12.3. The molecule has 20 heavy (non-hydrogen) atoms. The summed E-state index contributed by atoms with van der Waals surface area (Å²) in [6.45, 7) is 4.21. The van der Waals surface area contributed by atoms with Gasteiger partial charge in [0.25, 0.3) is 5.91 Å². The first-order valence-electron chi connectivity index (χ1n) is 6.32. The lowest BCUT2D eigenvalue weighted by Gasteiger charge is -2.07. The molecule has 104 valence electrons. The fraction of sp³-hybridized carbons (Fsp3) is 0.200. The van der Waals surface area contributed by atoms with E-state index in [1.807, 2.05) is 49.6 Å². The molecular weight excluding hydrogens is 270 g/mol. The Bertz CT molecular complexity index is 619. The van der Waals surface area contributed by atoms with Gasteiger partial charge < -0.3 is 5.32 Å². The average Bonchev–Trinajstić information content (AvgIpc) is 2.84. The summed E-state index contributed by atoms with van der Waals surface area (Å²) in [7, 11) is 0. The molecule has 0 aliphatic heterocycles. The number of hydrazone groups is 1. The Morgan fingerprint density at radius 2 is 2.05 bits per heavy atom. The number of carbonyl (C=O) groups is 1. The summed E-state index contributed by atoms with van der Waals surface area (Å²) in [6, 6.07) is 9.87. The van der Waals surface area contributed by atoms with Crippen molar-refractivity contribution in [2.45, 2.75) is 13.8 Å². The first-order chi connectivity index (χ1) is 9.66. The third-order valence-electron chi connectivity index (χ3n) is 2.86. The van der Waals surface area contributed by atoms with Crippen molar-refractivity contribution in [3.8, 4) is 0 Å². The average molecular weight is 287 g/mol. The predicted molar refractivity (Wildman–Crippen MR) is 84.5 cm³/mol. The quantitative estimate of drug-likeness (QED) is 0.656. The third kappa shape index (κ3) is 3.93. The van der Waals surface area contributed by atoms with Gasteiger partial charge in [-0.1, -0.05) is 18.2 Å². The topological polar surface area (TPSA) is 53.5 Å². The van der Waals surface area contributed by atoms with Gasteiger partial charge in [0, 0.05) is 10.6 Å². The van der Waals surface area contributed by atoms with Gasteiger partial charge in [0.2, 0.25) is 0 Å². The van der Waals surface area contributed by atoms with E-state index in [4.69, 9.17) is 0 Å². The molecule has 0 saturated carbocycles. The largest absolute Gasteiger partial charge is 0.376 e. The second-order valence-electron chi connectivity index (χ2n) is 4.43. The van der Waals surface area contributed by atoms with E-state index in [0.717, 1.165) is 21.7 Å². The van der Waals surface area contributed by atoms with E-state index >= 15 is 0 Å². The van der Waals surface area contributed by atoms with E-state index in [2.05, 4.69) is 15.8 Å². The van der Waals surface area contributed by atoms with E-state index < -0.39 is 0 Å². The maximum Gasteiger partial charge on any atom is 0.259 e. The van der Waals surface area contributed by atoms with Crippen LogP contribution in [0.3, 0.4) is 0 Å². The number of nitrogens with zero attached hydrogens (tertiary/aromatic N) is 1. The summed E-state index contributed by atoms with van der Waals surface area (Å²) in [5.41, 5.74) is 5.74. The van der Waals surface area contributed by atoms with Crippen molar-refractivity contribution < 1.29 is 4.79 Å². The van der Waals surface area contributed by atoms with Crippen LogP contribution in [0.25, 0.3) is 0 Å². The minimum Gasteiger partial charge on any atom is -0.376 e. The molecule has 0 bridgehead atoms. The molecule has 1 amide bonds. The highest BCUT2D eigenvalue weighted by Gasteiger charge is 2.01. The van der Waals surface area contributed by atoms with Crippen LogP contribution in [0.2, 0.25) is 0 Å². The van der Waals surface area contributed by atoms with Gasteiger partial charge in [-0.2, -0.15) is 5.10 Å². The summed E-state index contributed by atoms with van der Waals surface area (Å²) in [5, 5.41) is 9.04. The summed E-state index contributed by atoms with van der Waals surface area (Å²) in [4.78, 5) is 12.7. The maximum absolute atomic E-state index is 11.7. The summed E-state index contributed by atoms with van der Waals surface area (Å²) >= 11 is 1.60. The maximum atomic E-state index is 11.7. The molecule has 5 heteroatoms.